The minimum Gasteiger partial charge on any atom is -0.453 e. The summed E-state index contributed by atoms with van der Waals surface area (Å²) in [5, 5.41) is 6.45. The topological polar surface area (TPSA) is 113 Å². The second-order valence-corrected chi connectivity index (χ2v) is 13.3. The van der Waals surface area contributed by atoms with E-state index in [0.29, 0.717) is 29.8 Å². The molecule has 0 unspecified atom stereocenters. The van der Waals surface area contributed by atoms with Gasteiger partial charge in [-0.3, -0.25) is 10.3 Å². The molecule has 1 saturated heterocycles. The number of methoxy groups -OCH3 is 1. The van der Waals surface area contributed by atoms with Gasteiger partial charge < -0.3 is 10.1 Å². The number of anilines is 1. The van der Waals surface area contributed by atoms with Gasteiger partial charge in [-0.2, -0.15) is 17.5 Å². The van der Waals surface area contributed by atoms with E-state index < -0.39 is 27.9 Å². The van der Waals surface area contributed by atoms with Crippen LogP contribution in [-0.2, 0) is 20.9 Å². The van der Waals surface area contributed by atoms with Gasteiger partial charge in [0.25, 0.3) is 10.0 Å². The van der Waals surface area contributed by atoms with Crippen LogP contribution in [0, 0.1) is 6.92 Å². The third kappa shape index (κ3) is 6.78. The number of ether oxygens (including phenoxy) is 1. The quantitative estimate of drug-likeness (QED) is 0.231. The lowest BCUT2D eigenvalue weighted by Crippen LogP contribution is -2.36. The summed E-state index contributed by atoms with van der Waals surface area (Å²) in [6.45, 7) is 3.96. The number of nitrogens with one attached hydrogen (secondary N) is 2. The fraction of sp³-hybridized carbons (Fsp3) is 0.417. The highest BCUT2D eigenvalue weighted by Crippen LogP contribution is 2.38. The maximum absolute atomic E-state index is 13.4. The highest BCUT2D eigenvalue weighted by Gasteiger charge is 2.36. The number of hydrogen-bond acceptors (Lipinski definition) is 8. The summed E-state index contributed by atoms with van der Waals surface area (Å²) in [4.78, 5) is 20.5. The van der Waals surface area contributed by atoms with Crippen LogP contribution >= 0.6 is 34.3 Å². The molecular weight excluding hydrogens is 611 g/mol. The zero-order chi connectivity index (χ0) is 29.2. The molecular formula is C24H25ClF3N5O4S3. The standard InChI is InChI=1S/C24H25ClF3N5O4S3/c1-13(29-20-19-16(6-7-18(25)31-20)17(12-38-19)24(26,27)28)4-5-15-8-10-33(11-9-15)40(35,36)21-14(2)30-22(39-21)32-23(34)37-3/h5-6,12-13H,4,8-11H2,1-3H3,(H,29,31)(H,30,32,34)/t13-/m0/s1. The Labute approximate surface area is 242 Å². The molecule has 0 aromatic carbocycles. The van der Waals surface area contributed by atoms with Gasteiger partial charge in [0.2, 0.25) is 0 Å². The van der Waals surface area contributed by atoms with Crippen molar-refractivity contribution in [2.45, 2.75) is 49.5 Å². The van der Waals surface area contributed by atoms with Gasteiger partial charge in [0.05, 0.1) is 29.3 Å². The second-order valence-electron chi connectivity index (χ2n) is 8.95. The zero-order valence-electron chi connectivity index (χ0n) is 21.6. The number of carbonyl (C=O) groups is 1. The number of halogens is 4. The van der Waals surface area contributed by atoms with Crippen LogP contribution in [0.4, 0.5) is 23.1 Å². The maximum Gasteiger partial charge on any atom is 0.417 e. The number of thiazole rings is 1. The van der Waals surface area contributed by atoms with Crippen LogP contribution in [0.3, 0.4) is 0 Å². The number of sulfonamides is 1. The van der Waals surface area contributed by atoms with Crippen LogP contribution in [0.15, 0.2) is 37.1 Å². The average Bonchev–Trinajstić information content (AvgIpc) is 3.45. The minimum absolute atomic E-state index is 0.0251. The predicted molar refractivity (Wildman–Crippen MR) is 149 cm³/mol. The predicted octanol–water partition coefficient (Wildman–Crippen LogP) is 5.94. The highest BCUT2D eigenvalue weighted by atomic mass is 35.5. The van der Waals surface area contributed by atoms with Gasteiger partial charge in [-0.05, 0) is 39.2 Å². The first-order valence-corrected chi connectivity index (χ1v) is 15.5. The SMILES string of the molecule is COC(=O)Nc1nc(C)c(S(=O)(=O)N2CCC(=CC[C@H](C)N=C3NC(Cl)=C=Cc4c(C(F)(F)F)csc43)CC2)s1. The Balaban J connectivity index is 1.41. The number of aryl methyl sites for hydroxylation is 1. The Morgan fingerprint density at radius 1 is 1.40 bits per heavy atom. The van der Waals surface area contributed by atoms with Crippen molar-refractivity contribution >= 4 is 67.4 Å². The molecule has 2 aromatic rings. The van der Waals surface area contributed by atoms with Crippen LogP contribution in [0.25, 0.3) is 6.08 Å². The van der Waals surface area contributed by atoms with Crippen molar-refractivity contribution in [3.8, 4) is 0 Å². The Bertz CT molecular complexity index is 1530. The Morgan fingerprint density at radius 3 is 2.75 bits per heavy atom. The number of piperidine rings is 1. The smallest absolute Gasteiger partial charge is 0.417 e. The Morgan fingerprint density at radius 2 is 2.10 bits per heavy atom. The minimum atomic E-state index is -4.51. The van der Waals surface area contributed by atoms with Gasteiger partial charge in [0.1, 0.15) is 5.84 Å². The van der Waals surface area contributed by atoms with E-state index in [4.69, 9.17) is 11.6 Å². The Kier molecular flexibility index (Phi) is 9.12. The highest BCUT2D eigenvalue weighted by molar-refractivity contribution is 7.91. The zero-order valence-corrected chi connectivity index (χ0v) is 24.8. The molecule has 0 radical (unpaired) electrons. The molecule has 4 heterocycles. The molecule has 216 valence electrons. The fourth-order valence-electron chi connectivity index (χ4n) is 4.10. The molecule has 1 amide bonds. The molecule has 1 fully saturated rings. The van der Waals surface area contributed by atoms with E-state index in [1.165, 1.54) is 17.5 Å². The molecule has 4 rings (SSSR count). The summed E-state index contributed by atoms with van der Waals surface area (Å²) < 4.78 is 72.7. The van der Waals surface area contributed by atoms with Crippen molar-refractivity contribution in [1.29, 1.82) is 0 Å². The summed E-state index contributed by atoms with van der Waals surface area (Å²) in [6.07, 6.45) is -0.487. The number of nitrogens with zero attached hydrogens (tertiary/aromatic N) is 3. The van der Waals surface area contributed by atoms with E-state index in [2.05, 4.69) is 31.1 Å². The van der Waals surface area contributed by atoms with Crippen molar-refractivity contribution in [2.75, 3.05) is 25.5 Å². The number of aliphatic imine (C=N–C) groups is 1. The monoisotopic (exact) mass is 635 g/mol. The molecule has 9 nitrogen and oxygen atoms in total. The maximum atomic E-state index is 13.4. The van der Waals surface area contributed by atoms with E-state index >= 15 is 0 Å². The lowest BCUT2D eigenvalue weighted by molar-refractivity contribution is -0.137. The van der Waals surface area contributed by atoms with Gasteiger partial charge in [0, 0.05) is 24.0 Å². The molecule has 16 heteroatoms. The van der Waals surface area contributed by atoms with Crippen molar-refractivity contribution < 1.29 is 31.1 Å². The fourth-order valence-corrected chi connectivity index (χ4v) is 8.22. The van der Waals surface area contributed by atoms with Crippen molar-refractivity contribution in [3.63, 3.8) is 0 Å². The number of carbonyl (C=O) groups excluding carboxylic acids is 1. The molecule has 40 heavy (non-hydrogen) atoms. The summed E-state index contributed by atoms with van der Waals surface area (Å²) in [5.41, 5.74) is 3.18. The Hall–Kier alpha value is -2.68. The van der Waals surface area contributed by atoms with E-state index in [1.807, 2.05) is 13.0 Å². The number of amides is 1. The number of thiophene rings is 1. The van der Waals surface area contributed by atoms with Gasteiger partial charge in [-0.15, -0.1) is 11.3 Å². The van der Waals surface area contributed by atoms with Crippen molar-refractivity contribution in [1.82, 2.24) is 14.6 Å². The first kappa shape index (κ1) is 30.3. The summed E-state index contributed by atoms with van der Waals surface area (Å²) >= 11 is 7.86. The number of hydrogen-bond donors (Lipinski definition) is 2. The van der Waals surface area contributed by atoms with Crippen LogP contribution in [0.2, 0.25) is 0 Å². The number of amidine groups is 1. The molecule has 2 aliphatic rings. The molecule has 0 bridgehead atoms. The molecule has 0 aliphatic carbocycles. The van der Waals surface area contributed by atoms with Crippen molar-refractivity contribution in [2.24, 2.45) is 4.99 Å². The molecule has 0 saturated carbocycles. The van der Waals surface area contributed by atoms with Crippen LogP contribution in [0.1, 0.15) is 47.9 Å². The summed E-state index contributed by atoms with van der Waals surface area (Å²) in [7, 11) is -2.60. The first-order chi connectivity index (χ1) is 18.8. The van der Waals surface area contributed by atoms with E-state index in [0.717, 1.165) is 33.6 Å². The first-order valence-electron chi connectivity index (χ1n) is 12.0. The third-order valence-electron chi connectivity index (χ3n) is 6.11. The summed E-state index contributed by atoms with van der Waals surface area (Å²) in [6, 6.07) is -0.288. The number of rotatable bonds is 6. The lowest BCUT2D eigenvalue weighted by atomic mass is 10.0. The third-order valence-corrected chi connectivity index (χ3v) is 10.9. The molecule has 0 spiro atoms. The van der Waals surface area contributed by atoms with Crippen LogP contribution in [0.5, 0.6) is 0 Å². The van der Waals surface area contributed by atoms with Crippen molar-refractivity contribution in [3.05, 3.63) is 49.6 Å². The second kappa shape index (κ2) is 12.0. The van der Waals surface area contributed by atoms with Crippen LogP contribution < -0.4 is 10.6 Å². The van der Waals surface area contributed by atoms with E-state index in [9.17, 15) is 26.4 Å². The summed E-state index contributed by atoms with van der Waals surface area (Å²) in [5.74, 6) is 0.245. The van der Waals surface area contributed by atoms with Gasteiger partial charge in [0.15, 0.2) is 14.5 Å². The average molecular weight is 636 g/mol. The molecule has 2 N–H and O–H groups in total. The van der Waals surface area contributed by atoms with Gasteiger partial charge in [-0.1, -0.05) is 40.3 Å². The lowest BCUT2D eigenvalue weighted by Gasteiger charge is -2.27. The number of alkyl halides is 3. The molecule has 1 atom stereocenters. The molecule has 2 aliphatic heterocycles. The molecule has 2 aromatic heterocycles. The van der Waals surface area contributed by atoms with Crippen LogP contribution in [-0.4, -0.2) is 55.9 Å². The normalized spacial score (nSPS) is 18.0. The number of fused-ring (bicyclic) bond motifs is 1. The van der Waals surface area contributed by atoms with E-state index in [-0.39, 0.29) is 45.0 Å². The number of aromatic nitrogens is 1. The largest absolute Gasteiger partial charge is 0.453 e. The van der Waals surface area contributed by atoms with Gasteiger partial charge in [-0.25, -0.2) is 18.2 Å². The van der Waals surface area contributed by atoms with E-state index in [1.54, 1.807) is 6.92 Å². The van der Waals surface area contributed by atoms with Gasteiger partial charge >= 0.3 is 12.3 Å².